The minimum absolute atomic E-state index is 0.157. The normalized spacial score (nSPS) is 13.8. The molecule has 69 heavy (non-hydrogen) atoms. The van der Waals surface area contributed by atoms with Gasteiger partial charge in [-0.2, -0.15) is 0 Å². The Kier molecular flexibility index (Phi) is 49.8. The van der Waals surface area contributed by atoms with Gasteiger partial charge in [0.25, 0.3) is 0 Å². The van der Waals surface area contributed by atoms with Crippen molar-refractivity contribution in [1.82, 2.24) is 0 Å². The highest BCUT2D eigenvalue weighted by Gasteiger charge is 2.19. The van der Waals surface area contributed by atoms with Crippen LogP contribution in [-0.2, 0) is 28.6 Å². The molecule has 0 aliphatic rings. The number of hydrogen-bond donors (Lipinski definition) is 0. The number of carbonyl (C=O) groups is 3. The first-order valence-corrected chi connectivity index (χ1v) is 25.7. The van der Waals surface area contributed by atoms with Gasteiger partial charge in [0, 0.05) is 19.3 Å². The van der Waals surface area contributed by atoms with Gasteiger partial charge in [-0.15, -0.1) is 0 Å². The van der Waals surface area contributed by atoms with Crippen molar-refractivity contribution in [2.45, 2.75) is 155 Å². The number of unbranched alkanes of at least 4 members (excludes halogenated alkanes) is 6. The molecule has 0 aliphatic heterocycles. The lowest BCUT2D eigenvalue weighted by molar-refractivity contribution is -0.166. The Bertz CT molecular complexity index is 1790. The molecule has 0 bridgehead atoms. The molecule has 0 aromatic carbocycles. The van der Waals surface area contributed by atoms with E-state index in [0.717, 1.165) is 89.9 Å². The van der Waals surface area contributed by atoms with E-state index in [0.29, 0.717) is 19.3 Å². The summed E-state index contributed by atoms with van der Waals surface area (Å²) in [6.45, 7) is 6.05. The first kappa shape index (κ1) is 63.0. The van der Waals surface area contributed by atoms with E-state index in [9.17, 15) is 14.4 Å². The van der Waals surface area contributed by atoms with Gasteiger partial charge >= 0.3 is 17.9 Å². The molecule has 0 rings (SSSR count). The fraction of sp³-hybridized carbons (Fsp3) is 0.413. The summed E-state index contributed by atoms with van der Waals surface area (Å²) in [5.74, 6) is -1.15. The van der Waals surface area contributed by atoms with Crippen LogP contribution in [0.15, 0.2) is 207 Å². The van der Waals surface area contributed by atoms with E-state index >= 15 is 0 Å². The summed E-state index contributed by atoms with van der Waals surface area (Å²) in [6, 6.07) is 0. The average molecular weight is 941 g/mol. The van der Waals surface area contributed by atoms with Crippen LogP contribution in [0.1, 0.15) is 149 Å². The molecule has 0 heterocycles. The first-order chi connectivity index (χ1) is 34.0. The van der Waals surface area contributed by atoms with E-state index < -0.39 is 12.1 Å². The molecule has 1 atom stereocenters. The van der Waals surface area contributed by atoms with Crippen LogP contribution < -0.4 is 0 Å². The molecule has 0 saturated heterocycles. The molecular weight excluding hydrogens is 853 g/mol. The molecule has 0 N–H and O–H groups in total. The van der Waals surface area contributed by atoms with Crippen LogP contribution in [0.3, 0.4) is 0 Å². The van der Waals surface area contributed by atoms with Crippen LogP contribution in [0.25, 0.3) is 0 Å². The Balaban J connectivity index is 4.72. The topological polar surface area (TPSA) is 78.9 Å². The second-order valence-corrected chi connectivity index (χ2v) is 15.9. The highest BCUT2D eigenvalue weighted by molar-refractivity contribution is 5.71. The molecule has 0 spiro atoms. The molecule has 0 fully saturated rings. The molecule has 6 heteroatoms. The summed E-state index contributed by atoms with van der Waals surface area (Å²) in [6.07, 6.45) is 85.3. The quantitative estimate of drug-likeness (QED) is 0.0199. The molecule has 6 nitrogen and oxygen atoms in total. The molecule has 0 aromatic rings. The molecular formula is C63H88O6. The molecule has 0 radical (unpaired) electrons. The van der Waals surface area contributed by atoms with Crippen molar-refractivity contribution < 1.29 is 28.6 Å². The smallest absolute Gasteiger partial charge is 0.306 e. The van der Waals surface area contributed by atoms with Crippen LogP contribution in [0.4, 0.5) is 0 Å². The Morgan fingerprint density at radius 2 is 0.623 bits per heavy atom. The molecule has 0 aliphatic carbocycles. The van der Waals surface area contributed by atoms with Crippen LogP contribution in [0.5, 0.6) is 0 Å². The van der Waals surface area contributed by atoms with E-state index in [1.165, 1.54) is 0 Å². The number of rotatable bonds is 42. The maximum atomic E-state index is 12.8. The zero-order valence-electron chi connectivity index (χ0n) is 42.7. The standard InChI is InChI=1S/C63H88O6/c1-4-7-10-13-16-19-22-25-27-29-31-33-35-38-41-44-47-50-53-56-62(65)68-59-60(58-67-61(64)55-52-49-46-43-40-37-24-21-18-15-12-9-6-3)69-63(66)57-54-51-48-45-42-39-36-34-32-30-28-26-23-20-17-14-11-8-5-2/h7-13,15-22,24-29,31-35,37-42,48,51,60H,4-6,14,23,30,36,43-47,49-50,52-59H2,1-3H3/b10-7-,11-8-,12-9-,16-13-,18-15-,20-17-,22-19-,24-21-,27-25-,28-26-,31-29+,34-32-,35-33-,40-37-,41-38-,42-39-,51-48-. The van der Waals surface area contributed by atoms with Crippen molar-refractivity contribution in [3.8, 4) is 0 Å². The monoisotopic (exact) mass is 941 g/mol. The highest BCUT2D eigenvalue weighted by atomic mass is 16.6. The van der Waals surface area contributed by atoms with Crippen LogP contribution >= 0.6 is 0 Å². The zero-order valence-corrected chi connectivity index (χ0v) is 42.7. The number of allylic oxidation sites excluding steroid dienone is 34. The predicted octanol–water partition coefficient (Wildman–Crippen LogP) is 17.3. The van der Waals surface area contributed by atoms with Gasteiger partial charge in [-0.05, 0) is 96.3 Å². The van der Waals surface area contributed by atoms with E-state index in [1.54, 1.807) is 0 Å². The number of carbonyl (C=O) groups excluding carboxylic acids is 3. The van der Waals surface area contributed by atoms with Gasteiger partial charge in [-0.1, -0.05) is 240 Å². The fourth-order valence-corrected chi connectivity index (χ4v) is 5.81. The van der Waals surface area contributed by atoms with Crippen LogP contribution in [0, 0.1) is 0 Å². The third kappa shape index (κ3) is 52.8. The molecule has 0 saturated carbocycles. The third-order valence-corrected chi connectivity index (χ3v) is 9.57. The van der Waals surface area contributed by atoms with Gasteiger partial charge in [0.05, 0.1) is 0 Å². The number of esters is 3. The van der Waals surface area contributed by atoms with Gasteiger partial charge < -0.3 is 14.2 Å². The summed E-state index contributed by atoms with van der Waals surface area (Å²) in [5.41, 5.74) is 0. The molecule has 0 amide bonds. The summed E-state index contributed by atoms with van der Waals surface area (Å²) < 4.78 is 16.6. The Hall–Kier alpha value is -6.01. The van der Waals surface area contributed by atoms with Crippen LogP contribution in [0.2, 0.25) is 0 Å². The maximum Gasteiger partial charge on any atom is 0.306 e. The highest BCUT2D eigenvalue weighted by Crippen LogP contribution is 2.09. The van der Waals surface area contributed by atoms with E-state index in [1.807, 2.05) is 122 Å². The Labute approximate surface area is 419 Å². The van der Waals surface area contributed by atoms with Gasteiger partial charge in [0.1, 0.15) is 13.2 Å². The van der Waals surface area contributed by atoms with E-state index in [4.69, 9.17) is 14.2 Å². The number of ether oxygens (including phenoxy) is 3. The zero-order chi connectivity index (χ0) is 50.0. The summed E-state index contributed by atoms with van der Waals surface area (Å²) in [7, 11) is 0. The minimum atomic E-state index is -0.868. The van der Waals surface area contributed by atoms with Crippen molar-refractivity contribution in [2.24, 2.45) is 0 Å². The molecule has 376 valence electrons. The van der Waals surface area contributed by atoms with Gasteiger partial charge in [-0.3, -0.25) is 14.4 Å². The largest absolute Gasteiger partial charge is 0.462 e. The number of hydrogen-bond acceptors (Lipinski definition) is 6. The molecule has 1 unspecified atom stereocenters. The first-order valence-electron chi connectivity index (χ1n) is 25.7. The fourth-order valence-electron chi connectivity index (χ4n) is 5.81. The molecule has 0 aromatic heterocycles. The average Bonchev–Trinajstić information content (AvgIpc) is 3.35. The second kappa shape index (κ2) is 54.6. The Morgan fingerprint density at radius 1 is 0.304 bits per heavy atom. The lowest BCUT2D eigenvalue weighted by Crippen LogP contribution is -2.30. The van der Waals surface area contributed by atoms with Gasteiger partial charge in [-0.25, -0.2) is 0 Å². The predicted molar refractivity (Wildman–Crippen MR) is 297 cm³/mol. The van der Waals surface area contributed by atoms with Crippen molar-refractivity contribution in [2.75, 3.05) is 13.2 Å². The lowest BCUT2D eigenvalue weighted by atomic mass is 10.1. The van der Waals surface area contributed by atoms with E-state index in [-0.39, 0.29) is 44.4 Å². The van der Waals surface area contributed by atoms with E-state index in [2.05, 4.69) is 106 Å². The van der Waals surface area contributed by atoms with Crippen molar-refractivity contribution in [1.29, 1.82) is 0 Å². The van der Waals surface area contributed by atoms with Crippen molar-refractivity contribution >= 4 is 17.9 Å². The maximum absolute atomic E-state index is 12.8. The van der Waals surface area contributed by atoms with Crippen LogP contribution in [-0.4, -0.2) is 37.2 Å². The summed E-state index contributed by atoms with van der Waals surface area (Å²) in [4.78, 5) is 38.0. The Morgan fingerprint density at radius 3 is 0.986 bits per heavy atom. The third-order valence-electron chi connectivity index (χ3n) is 9.57. The van der Waals surface area contributed by atoms with Crippen molar-refractivity contribution in [3.05, 3.63) is 207 Å². The SMILES string of the molecule is CC\C=C/C=C\C=C/C=C\C=C\C=C/C=C\CCCCCC(=O)OCC(COC(=O)CCCCC\C=C/C=C\C=C/C=C\CC)OC(=O)CC/C=C\C/C=C\C/C=C\C/C=C\C/C=C\C/C=C\CC. The lowest BCUT2D eigenvalue weighted by Gasteiger charge is -2.18. The summed E-state index contributed by atoms with van der Waals surface area (Å²) in [5, 5.41) is 0. The van der Waals surface area contributed by atoms with Gasteiger partial charge in [0.2, 0.25) is 0 Å². The van der Waals surface area contributed by atoms with Crippen molar-refractivity contribution in [3.63, 3.8) is 0 Å². The van der Waals surface area contributed by atoms with Gasteiger partial charge in [0.15, 0.2) is 6.10 Å². The summed E-state index contributed by atoms with van der Waals surface area (Å²) >= 11 is 0. The second-order valence-electron chi connectivity index (χ2n) is 15.9. The minimum Gasteiger partial charge on any atom is -0.462 e.